The Morgan fingerprint density at radius 1 is 1.28 bits per heavy atom. The number of nitrogens with zero attached hydrogens (tertiary/aromatic N) is 3. The Bertz CT molecular complexity index is 413. The average Bonchev–Trinajstić information content (AvgIpc) is 3.11. The molecule has 0 aliphatic heterocycles. The van der Waals surface area contributed by atoms with E-state index in [0.29, 0.717) is 12.6 Å². The topological polar surface area (TPSA) is 56.7 Å². The molecule has 0 radical (unpaired) electrons. The molecule has 0 amide bonds. The summed E-state index contributed by atoms with van der Waals surface area (Å²) in [4.78, 5) is 0. The number of hydrogen-bond donors (Lipinski definition) is 1. The minimum Gasteiger partial charge on any atom is -0.324 e. The van der Waals surface area contributed by atoms with Crippen molar-refractivity contribution in [2.24, 2.45) is 11.7 Å². The second-order valence-corrected chi connectivity index (χ2v) is 6.98. The maximum Gasteiger partial charge on any atom is 0.191 e. The van der Waals surface area contributed by atoms with Crippen LogP contribution in [0, 0.1) is 5.92 Å². The Hall–Kier alpha value is -0.550. The second-order valence-electron chi connectivity index (χ2n) is 5.72. The standard InChI is InChI=1S/C13H22N4S/c1-9-3-2-4-11(7-9)18-13-16-15-12(8-14)17(13)10-5-6-10/h9-11H,2-8,14H2,1H3. The van der Waals surface area contributed by atoms with Crippen molar-refractivity contribution in [3.8, 4) is 0 Å². The molecule has 2 fully saturated rings. The van der Waals surface area contributed by atoms with Gasteiger partial charge in [0.2, 0.25) is 0 Å². The van der Waals surface area contributed by atoms with Crippen molar-refractivity contribution in [2.45, 2.75) is 68.4 Å². The SMILES string of the molecule is CC1CCCC(Sc2nnc(CN)n2C2CC2)C1. The van der Waals surface area contributed by atoms with Crippen LogP contribution in [-0.2, 0) is 6.54 Å². The molecular formula is C13H22N4S. The zero-order valence-electron chi connectivity index (χ0n) is 11.0. The molecule has 2 saturated carbocycles. The molecule has 1 aromatic rings. The average molecular weight is 266 g/mol. The Morgan fingerprint density at radius 2 is 2.11 bits per heavy atom. The third-order valence-electron chi connectivity index (χ3n) is 3.99. The lowest BCUT2D eigenvalue weighted by Crippen LogP contribution is -2.16. The summed E-state index contributed by atoms with van der Waals surface area (Å²) in [7, 11) is 0. The largest absolute Gasteiger partial charge is 0.324 e. The fourth-order valence-corrected chi connectivity index (χ4v) is 4.32. The van der Waals surface area contributed by atoms with E-state index in [-0.39, 0.29) is 0 Å². The zero-order chi connectivity index (χ0) is 12.5. The summed E-state index contributed by atoms with van der Waals surface area (Å²) >= 11 is 1.93. The van der Waals surface area contributed by atoms with Gasteiger partial charge in [0.1, 0.15) is 5.82 Å². The molecule has 2 N–H and O–H groups in total. The van der Waals surface area contributed by atoms with Crippen molar-refractivity contribution >= 4 is 11.8 Å². The van der Waals surface area contributed by atoms with Crippen LogP contribution in [0.3, 0.4) is 0 Å². The van der Waals surface area contributed by atoms with E-state index in [4.69, 9.17) is 5.73 Å². The fourth-order valence-electron chi connectivity index (χ4n) is 2.86. The van der Waals surface area contributed by atoms with Gasteiger partial charge in [0.05, 0.1) is 6.54 Å². The maximum atomic E-state index is 5.75. The van der Waals surface area contributed by atoms with Crippen LogP contribution < -0.4 is 5.73 Å². The van der Waals surface area contributed by atoms with Crippen LogP contribution in [0.2, 0.25) is 0 Å². The second kappa shape index (κ2) is 5.21. The van der Waals surface area contributed by atoms with Crippen molar-refractivity contribution < 1.29 is 0 Å². The molecule has 2 aliphatic carbocycles. The maximum absolute atomic E-state index is 5.75. The first-order valence-corrected chi connectivity index (χ1v) is 7.96. The van der Waals surface area contributed by atoms with Crippen LogP contribution >= 0.6 is 11.8 Å². The summed E-state index contributed by atoms with van der Waals surface area (Å²) in [6, 6.07) is 0.627. The van der Waals surface area contributed by atoms with Gasteiger partial charge >= 0.3 is 0 Å². The van der Waals surface area contributed by atoms with E-state index in [1.54, 1.807) is 0 Å². The Labute approximate surface area is 113 Å². The summed E-state index contributed by atoms with van der Waals surface area (Å²) in [5.41, 5.74) is 5.75. The van der Waals surface area contributed by atoms with Crippen molar-refractivity contribution in [3.05, 3.63) is 5.82 Å². The monoisotopic (exact) mass is 266 g/mol. The highest BCUT2D eigenvalue weighted by Gasteiger charge is 2.30. The molecule has 0 saturated heterocycles. The molecule has 1 heterocycles. The van der Waals surface area contributed by atoms with Crippen molar-refractivity contribution in [1.29, 1.82) is 0 Å². The summed E-state index contributed by atoms with van der Waals surface area (Å²) in [5.74, 6) is 1.83. The van der Waals surface area contributed by atoms with E-state index >= 15 is 0 Å². The molecular weight excluding hydrogens is 244 g/mol. The van der Waals surface area contributed by atoms with E-state index in [0.717, 1.165) is 22.1 Å². The Balaban J connectivity index is 1.73. The fraction of sp³-hybridized carbons (Fsp3) is 0.846. The number of rotatable bonds is 4. The van der Waals surface area contributed by atoms with E-state index in [9.17, 15) is 0 Å². The molecule has 2 unspecified atom stereocenters. The molecule has 3 rings (SSSR count). The van der Waals surface area contributed by atoms with Gasteiger partial charge in [-0.1, -0.05) is 31.5 Å². The minimum absolute atomic E-state index is 0.505. The molecule has 5 heteroatoms. The van der Waals surface area contributed by atoms with Gasteiger partial charge < -0.3 is 10.3 Å². The highest BCUT2D eigenvalue weighted by Crippen LogP contribution is 2.41. The van der Waals surface area contributed by atoms with Crippen molar-refractivity contribution in [1.82, 2.24) is 14.8 Å². The number of thioether (sulfide) groups is 1. The first-order valence-electron chi connectivity index (χ1n) is 7.08. The van der Waals surface area contributed by atoms with Crippen LogP contribution in [0.25, 0.3) is 0 Å². The van der Waals surface area contributed by atoms with Crippen LogP contribution in [0.15, 0.2) is 5.16 Å². The van der Waals surface area contributed by atoms with Gasteiger partial charge in [-0.15, -0.1) is 10.2 Å². The van der Waals surface area contributed by atoms with Crippen molar-refractivity contribution in [2.75, 3.05) is 0 Å². The molecule has 18 heavy (non-hydrogen) atoms. The van der Waals surface area contributed by atoms with Gasteiger partial charge in [0.25, 0.3) is 0 Å². The third kappa shape index (κ3) is 2.57. The number of aromatic nitrogens is 3. The normalized spacial score (nSPS) is 28.6. The molecule has 2 atom stereocenters. The summed E-state index contributed by atoms with van der Waals surface area (Å²) in [6.45, 7) is 2.87. The Morgan fingerprint density at radius 3 is 2.78 bits per heavy atom. The van der Waals surface area contributed by atoms with Crippen molar-refractivity contribution in [3.63, 3.8) is 0 Å². The van der Waals surface area contributed by atoms with Gasteiger partial charge in [0, 0.05) is 11.3 Å². The van der Waals surface area contributed by atoms with Crippen LogP contribution in [0.1, 0.15) is 57.3 Å². The third-order valence-corrected chi connectivity index (χ3v) is 5.24. The first-order chi connectivity index (χ1) is 8.78. The number of nitrogens with two attached hydrogens (primary N) is 1. The summed E-state index contributed by atoms with van der Waals surface area (Å²) in [5, 5.41) is 10.4. The van der Waals surface area contributed by atoms with E-state index in [2.05, 4.69) is 21.7 Å². The predicted molar refractivity (Wildman–Crippen MR) is 73.5 cm³/mol. The van der Waals surface area contributed by atoms with Gasteiger partial charge in [-0.2, -0.15) is 0 Å². The molecule has 0 bridgehead atoms. The van der Waals surface area contributed by atoms with Gasteiger partial charge in [-0.05, 0) is 31.6 Å². The minimum atomic E-state index is 0.505. The zero-order valence-corrected chi connectivity index (χ0v) is 11.8. The quantitative estimate of drug-likeness (QED) is 0.910. The molecule has 4 nitrogen and oxygen atoms in total. The van der Waals surface area contributed by atoms with E-state index in [1.165, 1.54) is 38.5 Å². The highest BCUT2D eigenvalue weighted by molar-refractivity contribution is 7.99. The molecule has 1 aromatic heterocycles. The van der Waals surface area contributed by atoms with Gasteiger partial charge in [0.15, 0.2) is 5.16 Å². The Kier molecular flexibility index (Phi) is 3.61. The first kappa shape index (κ1) is 12.5. The lowest BCUT2D eigenvalue weighted by molar-refractivity contribution is 0.393. The van der Waals surface area contributed by atoms with Gasteiger partial charge in [-0.3, -0.25) is 0 Å². The van der Waals surface area contributed by atoms with Crippen LogP contribution in [-0.4, -0.2) is 20.0 Å². The lowest BCUT2D eigenvalue weighted by Gasteiger charge is -2.25. The smallest absolute Gasteiger partial charge is 0.191 e. The highest BCUT2D eigenvalue weighted by atomic mass is 32.2. The summed E-state index contributed by atoms with van der Waals surface area (Å²) < 4.78 is 2.30. The molecule has 2 aliphatic rings. The molecule has 0 aromatic carbocycles. The van der Waals surface area contributed by atoms with E-state index in [1.807, 2.05) is 11.8 Å². The molecule has 100 valence electrons. The van der Waals surface area contributed by atoms with Crippen LogP contribution in [0.4, 0.5) is 0 Å². The van der Waals surface area contributed by atoms with Gasteiger partial charge in [-0.25, -0.2) is 0 Å². The van der Waals surface area contributed by atoms with Crippen LogP contribution in [0.5, 0.6) is 0 Å². The predicted octanol–water partition coefficient (Wildman–Crippen LogP) is 2.74. The molecule has 0 spiro atoms. The number of hydrogen-bond acceptors (Lipinski definition) is 4. The van der Waals surface area contributed by atoms with E-state index < -0.39 is 0 Å². The summed E-state index contributed by atoms with van der Waals surface area (Å²) in [6.07, 6.45) is 7.92. The lowest BCUT2D eigenvalue weighted by atomic mass is 9.91.